The van der Waals surface area contributed by atoms with E-state index in [1.165, 1.54) is 84.6 Å². The Kier molecular flexibility index (Phi) is 5.54. The van der Waals surface area contributed by atoms with Crippen molar-refractivity contribution >= 4 is 0 Å². The minimum absolute atomic E-state index is 0.723. The highest BCUT2D eigenvalue weighted by atomic mass is 15.3. The van der Waals surface area contributed by atoms with Crippen LogP contribution in [0.4, 0.5) is 0 Å². The Morgan fingerprint density at radius 1 is 0.905 bits per heavy atom. The molecule has 0 spiro atoms. The van der Waals surface area contributed by atoms with E-state index in [-0.39, 0.29) is 0 Å². The minimum atomic E-state index is 0.723. The number of likely N-dealkylation sites (tertiary alicyclic amines) is 2. The molecule has 3 aliphatic rings. The van der Waals surface area contributed by atoms with Crippen LogP contribution in [0.2, 0.25) is 0 Å². The van der Waals surface area contributed by atoms with Gasteiger partial charge in [0.2, 0.25) is 0 Å². The molecule has 122 valence electrons. The summed E-state index contributed by atoms with van der Waals surface area (Å²) in [6.07, 6.45) is 5.58. The fourth-order valence-corrected chi connectivity index (χ4v) is 4.34. The van der Waals surface area contributed by atoms with Crippen LogP contribution < -0.4 is 0 Å². The molecule has 4 nitrogen and oxygen atoms in total. The molecule has 4 heteroatoms. The Morgan fingerprint density at radius 3 is 2.52 bits per heavy atom. The number of nitrogens with zero attached hydrogens (tertiary/aromatic N) is 4. The normalized spacial score (nSPS) is 32.6. The van der Waals surface area contributed by atoms with Gasteiger partial charge >= 0.3 is 0 Å². The van der Waals surface area contributed by atoms with Crippen molar-refractivity contribution in [1.82, 2.24) is 19.6 Å². The van der Waals surface area contributed by atoms with E-state index in [2.05, 4.69) is 33.6 Å². The van der Waals surface area contributed by atoms with Gasteiger partial charge in [-0.1, -0.05) is 0 Å². The van der Waals surface area contributed by atoms with E-state index in [1.54, 1.807) is 0 Å². The molecule has 0 amide bonds. The summed E-state index contributed by atoms with van der Waals surface area (Å²) in [5.41, 5.74) is 0. The van der Waals surface area contributed by atoms with Crippen LogP contribution in [0.1, 0.15) is 32.6 Å². The molecule has 0 radical (unpaired) electrons. The fraction of sp³-hybridized carbons (Fsp3) is 1.00. The van der Waals surface area contributed by atoms with Gasteiger partial charge in [0.15, 0.2) is 0 Å². The van der Waals surface area contributed by atoms with Gasteiger partial charge in [0.1, 0.15) is 0 Å². The number of hydrogen-bond donors (Lipinski definition) is 0. The van der Waals surface area contributed by atoms with E-state index < -0.39 is 0 Å². The quantitative estimate of drug-likeness (QED) is 0.772. The molecule has 0 N–H and O–H groups in total. The highest BCUT2D eigenvalue weighted by Crippen LogP contribution is 2.22. The maximum atomic E-state index is 2.75. The first-order chi connectivity index (χ1) is 10.2. The van der Waals surface area contributed by atoms with E-state index in [1.807, 2.05) is 0 Å². The third-order valence-electron chi connectivity index (χ3n) is 5.81. The number of hydrogen-bond acceptors (Lipinski definition) is 4. The van der Waals surface area contributed by atoms with Crippen LogP contribution >= 0.6 is 0 Å². The molecule has 0 saturated carbocycles. The summed E-state index contributed by atoms with van der Waals surface area (Å²) in [5, 5.41) is 0. The van der Waals surface area contributed by atoms with Crippen LogP contribution in [0.15, 0.2) is 0 Å². The highest BCUT2D eigenvalue weighted by Gasteiger charge is 2.31. The summed E-state index contributed by atoms with van der Waals surface area (Å²) in [7, 11) is 2.26. The second-order valence-electron chi connectivity index (χ2n) is 7.49. The summed E-state index contributed by atoms with van der Waals surface area (Å²) in [6.45, 7) is 14.1. The van der Waals surface area contributed by atoms with E-state index >= 15 is 0 Å². The second kappa shape index (κ2) is 7.40. The predicted molar refractivity (Wildman–Crippen MR) is 88.8 cm³/mol. The van der Waals surface area contributed by atoms with Crippen LogP contribution in [0, 0.1) is 0 Å². The van der Waals surface area contributed by atoms with E-state index in [4.69, 9.17) is 0 Å². The van der Waals surface area contributed by atoms with Gasteiger partial charge in [0.05, 0.1) is 0 Å². The number of rotatable bonds is 4. The van der Waals surface area contributed by atoms with Gasteiger partial charge in [-0.15, -0.1) is 0 Å². The molecule has 0 aromatic carbocycles. The molecule has 3 rings (SSSR count). The standard InChI is InChI=1S/C17H34N4/c1-16(14-19-8-5-7-18(2)12-13-19)21-11-6-17(15-21)20-9-3-4-10-20/h16-17H,3-15H2,1-2H3/t16-,17?/m1/s1. The average molecular weight is 294 g/mol. The lowest BCUT2D eigenvalue weighted by molar-refractivity contribution is 0.160. The monoisotopic (exact) mass is 294 g/mol. The van der Waals surface area contributed by atoms with Gasteiger partial charge in [0, 0.05) is 44.8 Å². The first-order valence-electron chi connectivity index (χ1n) is 9.11. The first-order valence-corrected chi connectivity index (χ1v) is 9.11. The Hall–Kier alpha value is -0.160. The van der Waals surface area contributed by atoms with Gasteiger partial charge in [-0.3, -0.25) is 9.80 Å². The Balaban J connectivity index is 1.44. The van der Waals surface area contributed by atoms with E-state index in [0.29, 0.717) is 0 Å². The Labute approximate surface area is 131 Å². The zero-order valence-electron chi connectivity index (χ0n) is 14.1. The van der Waals surface area contributed by atoms with Gasteiger partial charge in [-0.2, -0.15) is 0 Å². The smallest absolute Gasteiger partial charge is 0.0235 e. The average Bonchev–Trinajstić information content (AvgIpc) is 3.11. The predicted octanol–water partition coefficient (Wildman–Crippen LogP) is 1.18. The van der Waals surface area contributed by atoms with Gasteiger partial charge in [0.25, 0.3) is 0 Å². The Bertz CT molecular complexity index is 316. The molecule has 0 bridgehead atoms. The maximum Gasteiger partial charge on any atom is 0.0235 e. The minimum Gasteiger partial charge on any atom is -0.305 e. The van der Waals surface area contributed by atoms with Crippen molar-refractivity contribution in [2.45, 2.75) is 44.7 Å². The molecule has 3 heterocycles. The molecule has 0 aliphatic carbocycles. The zero-order chi connectivity index (χ0) is 14.7. The lowest BCUT2D eigenvalue weighted by Crippen LogP contribution is -2.44. The van der Waals surface area contributed by atoms with Gasteiger partial charge < -0.3 is 9.80 Å². The molecule has 1 unspecified atom stereocenters. The summed E-state index contributed by atoms with van der Waals surface area (Å²) in [6, 6.07) is 1.58. The van der Waals surface area contributed by atoms with Gasteiger partial charge in [-0.25, -0.2) is 0 Å². The van der Waals surface area contributed by atoms with Crippen LogP contribution in [-0.4, -0.2) is 97.6 Å². The number of likely N-dealkylation sites (N-methyl/N-ethyl adjacent to an activating group) is 1. The maximum absolute atomic E-state index is 2.75. The van der Waals surface area contributed by atoms with Crippen molar-refractivity contribution in [2.24, 2.45) is 0 Å². The van der Waals surface area contributed by atoms with E-state index in [0.717, 1.165) is 12.1 Å². The molecule has 3 fully saturated rings. The summed E-state index contributed by atoms with van der Waals surface area (Å²) >= 11 is 0. The highest BCUT2D eigenvalue weighted by molar-refractivity contribution is 4.88. The van der Waals surface area contributed by atoms with Crippen LogP contribution in [-0.2, 0) is 0 Å². The molecule has 2 atom stereocenters. The van der Waals surface area contributed by atoms with Crippen molar-refractivity contribution < 1.29 is 0 Å². The lowest BCUT2D eigenvalue weighted by Gasteiger charge is -2.31. The lowest BCUT2D eigenvalue weighted by atomic mass is 10.2. The summed E-state index contributed by atoms with van der Waals surface area (Å²) < 4.78 is 0. The summed E-state index contributed by atoms with van der Waals surface area (Å²) in [4.78, 5) is 10.7. The summed E-state index contributed by atoms with van der Waals surface area (Å²) in [5.74, 6) is 0. The zero-order valence-corrected chi connectivity index (χ0v) is 14.1. The Morgan fingerprint density at radius 2 is 1.71 bits per heavy atom. The van der Waals surface area contributed by atoms with Crippen molar-refractivity contribution in [3.8, 4) is 0 Å². The van der Waals surface area contributed by atoms with Crippen LogP contribution in [0.3, 0.4) is 0 Å². The molecular weight excluding hydrogens is 260 g/mol. The molecule has 0 aromatic rings. The fourth-order valence-electron chi connectivity index (χ4n) is 4.34. The van der Waals surface area contributed by atoms with Crippen molar-refractivity contribution in [3.63, 3.8) is 0 Å². The second-order valence-corrected chi connectivity index (χ2v) is 7.49. The van der Waals surface area contributed by atoms with Crippen LogP contribution in [0.5, 0.6) is 0 Å². The molecule has 3 aliphatic heterocycles. The topological polar surface area (TPSA) is 13.0 Å². The molecular formula is C17H34N4. The SMILES string of the molecule is C[C@H](CN1CCCN(C)CC1)N1CCC(N2CCCC2)C1. The molecule has 3 saturated heterocycles. The largest absolute Gasteiger partial charge is 0.305 e. The van der Waals surface area contributed by atoms with Gasteiger partial charge in [-0.05, 0) is 65.8 Å². The van der Waals surface area contributed by atoms with Crippen molar-refractivity contribution in [3.05, 3.63) is 0 Å². The first kappa shape index (κ1) is 15.7. The molecule has 0 aromatic heterocycles. The van der Waals surface area contributed by atoms with E-state index in [9.17, 15) is 0 Å². The van der Waals surface area contributed by atoms with Crippen molar-refractivity contribution in [1.29, 1.82) is 0 Å². The third-order valence-corrected chi connectivity index (χ3v) is 5.81. The molecule has 21 heavy (non-hydrogen) atoms. The van der Waals surface area contributed by atoms with Crippen molar-refractivity contribution in [2.75, 3.05) is 66.0 Å². The third kappa shape index (κ3) is 4.19. The van der Waals surface area contributed by atoms with Crippen LogP contribution in [0.25, 0.3) is 0 Å².